The first-order valence-corrected chi connectivity index (χ1v) is 16.1. The Balaban J connectivity index is 2.05. The van der Waals surface area contributed by atoms with Crippen molar-refractivity contribution < 1.29 is 22.7 Å². The fourth-order valence-corrected chi connectivity index (χ4v) is 6.20. The van der Waals surface area contributed by atoms with Gasteiger partial charge in [0.15, 0.2) is 0 Å². The molecule has 0 saturated heterocycles. The zero-order chi connectivity index (χ0) is 30.9. The number of sulfonamides is 1. The minimum atomic E-state index is -4.19. The maximum atomic E-state index is 14.1. The molecule has 2 amide bonds. The molecule has 0 heterocycles. The number of rotatable bonds is 14. The number of nitrogens with one attached hydrogen (secondary N) is 1. The van der Waals surface area contributed by atoms with E-state index in [0.29, 0.717) is 46.5 Å². The maximum absolute atomic E-state index is 14.1. The number of carbonyl (C=O) groups is 2. The highest BCUT2D eigenvalue weighted by atomic mass is 35.5. The highest BCUT2D eigenvalue weighted by Crippen LogP contribution is 2.27. The summed E-state index contributed by atoms with van der Waals surface area (Å²) in [5.41, 5.74) is 0.881. The van der Waals surface area contributed by atoms with Crippen LogP contribution >= 0.6 is 23.2 Å². The third-order valence-corrected chi connectivity index (χ3v) is 9.16. The first-order chi connectivity index (χ1) is 20.0. The fourth-order valence-electron chi connectivity index (χ4n) is 4.32. The number of amides is 2. The van der Waals surface area contributed by atoms with E-state index in [1.54, 1.807) is 67.6 Å². The highest BCUT2D eigenvalue weighted by molar-refractivity contribution is 7.92. The molecule has 3 aromatic carbocycles. The average Bonchev–Trinajstić information content (AvgIpc) is 2.97. The number of hydrogen-bond acceptors (Lipinski definition) is 5. The van der Waals surface area contributed by atoms with Gasteiger partial charge < -0.3 is 15.0 Å². The number of halogens is 2. The second-order valence-corrected chi connectivity index (χ2v) is 12.5. The first kappa shape index (κ1) is 33.2. The van der Waals surface area contributed by atoms with Crippen LogP contribution in [0.4, 0.5) is 5.69 Å². The Bertz CT molecular complexity index is 1450. The molecule has 0 saturated carbocycles. The van der Waals surface area contributed by atoms with E-state index in [-0.39, 0.29) is 23.4 Å². The van der Waals surface area contributed by atoms with E-state index < -0.39 is 28.5 Å². The lowest BCUT2D eigenvalue weighted by Gasteiger charge is -2.34. The van der Waals surface area contributed by atoms with E-state index in [2.05, 4.69) is 5.32 Å². The van der Waals surface area contributed by atoms with E-state index in [0.717, 1.165) is 4.31 Å². The Kier molecular flexibility index (Phi) is 12.1. The molecule has 8 nitrogen and oxygen atoms in total. The lowest BCUT2D eigenvalue weighted by Crippen LogP contribution is -2.53. The molecule has 2 atom stereocenters. The van der Waals surface area contributed by atoms with Crippen molar-refractivity contribution in [3.8, 4) is 5.75 Å². The highest BCUT2D eigenvalue weighted by Gasteiger charge is 2.34. The number of hydrogen-bond donors (Lipinski definition) is 1. The van der Waals surface area contributed by atoms with E-state index in [9.17, 15) is 18.0 Å². The van der Waals surface area contributed by atoms with Crippen LogP contribution in [0.15, 0.2) is 77.7 Å². The van der Waals surface area contributed by atoms with E-state index in [1.165, 1.54) is 17.0 Å². The lowest BCUT2D eigenvalue weighted by atomic mass is 10.1. The number of carbonyl (C=O) groups excluding carboxylic acids is 2. The van der Waals surface area contributed by atoms with Crippen LogP contribution in [0.1, 0.15) is 46.1 Å². The molecule has 0 aliphatic rings. The first-order valence-electron chi connectivity index (χ1n) is 13.9. The van der Waals surface area contributed by atoms with Crippen molar-refractivity contribution >= 4 is 50.7 Å². The van der Waals surface area contributed by atoms with Crippen LogP contribution in [0.3, 0.4) is 0 Å². The third kappa shape index (κ3) is 8.40. The van der Waals surface area contributed by atoms with Gasteiger partial charge in [-0.3, -0.25) is 13.9 Å². The van der Waals surface area contributed by atoms with E-state index in [1.807, 2.05) is 20.8 Å². The van der Waals surface area contributed by atoms with Gasteiger partial charge in [0.1, 0.15) is 18.3 Å². The Labute approximate surface area is 258 Å². The van der Waals surface area contributed by atoms with Gasteiger partial charge in [-0.1, -0.05) is 61.3 Å². The second kappa shape index (κ2) is 15.3. The molecule has 0 fully saturated rings. The Hall–Kier alpha value is -3.27. The van der Waals surface area contributed by atoms with Crippen LogP contribution in [-0.2, 0) is 26.2 Å². The molecule has 3 rings (SSSR count). The van der Waals surface area contributed by atoms with Crippen molar-refractivity contribution in [3.63, 3.8) is 0 Å². The van der Waals surface area contributed by atoms with Gasteiger partial charge in [-0.25, -0.2) is 8.42 Å². The number of ether oxygens (including phenoxy) is 1. The molecule has 0 bridgehead atoms. The van der Waals surface area contributed by atoms with Crippen molar-refractivity contribution in [2.45, 2.75) is 64.1 Å². The predicted octanol–water partition coefficient (Wildman–Crippen LogP) is 6.31. The molecule has 2 unspecified atom stereocenters. The monoisotopic (exact) mass is 633 g/mol. The van der Waals surface area contributed by atoms with Crippen LogP contribution in [0.2, 0.25) is 10.0 Å². The van der Waals surface area contributed by atoms with Crippen LogP contribution in [0, 0.1) is 0 Å². The van der Waals surface area contributed by atoms with Crippen LogP contribution in [0.25, 0.3) is 0 Å². The van der Waals surface area contributed by atoms with Crippen molar-refractivity contribution in [3.05, 3.63) is 88.4 Å². The van der Waals surface area contributed by atoms with Gasteiger partial charge in [0.2, 0.25) is 11.8 Å². The molecule has 226 valence electrons. The summed E-state index contributed by atoms with van der Waals surface area (Å²) >= 11 is 12.6. The van der Waals surface area contributed by atoms with Crippen molar-refractivity contribution in [1.29, 1.82) is 0 Å². The zero-order valence-corrected chi connectivity index (χ0v) is 26.5. The Morgan fingerprint density at radius 3 is 2.17 bits per heavy atom. The van der Waals surface area contributed by atoms with Crippen molar-refractivity contribution in [2.75, 3.05) is 17.5 Å². The summed E-state index contributed by atoms with van der Waals surface area (Å²) in [6.07, 6.45) is 1.01. The van der Waals surface area contributed by atoms with Crippen LogP contribution in [0.5, 0.6) is 5.75 Å². The summed E-state index contributed by atoms with van der Waals surface area (Å²) < 4.78 is 34.4. The van der Waals surface area contributed by atoms with Gasteiger partial charge in [0.05, 0.1) is 17.2 Å². The van der Waals surface area contributed by atoms with Crippen LogP contribution in [-0.4, -0.2) is 50.4 Å². The van der Waals surface area contributed by atoms with Crippen molar-refractivity contribution in [1.82, 2.24) is 10.2 Å². The predicted molar refractivity (Wildman–Crippen MR) is 168 cm³/mol. The molecular weight excluding hydrogens is 597 g/mol. The van der Waals surface area contributed by atoms with Gasteiger partial charge in [0, 0.05) is 22.6 Å². The Morgan fingerprint density at radius 1 is 0.929 bits per heavy atom. The largest absolute Gasteiger partial charge is 0.494 e. The SMILES string of the molecule is CCOc1ccc(S(=O)(=O)N(CC(=O)N(Cc2ccc(Cl)cc2Cl)C(CC)C(=O)NC(C)CC)c2ccccc2)cc1. The van der Waals surface area contributed by atoms with Gasteiger partial charge >= 0.3 is 0 Å². The number of nitrogens with zero attached hydrogens (tertiary/aromatic N) is 2. The quantitative estimate of drug-likeness (QED) is 0.224. The van der Waals surface area contributed by atoms with Gasteiger partial charge in [0.25, 0.3) is 10.0 Å². The van der Waals surface area contributed by atoms with Gasteiger partial charge in [-0.05, 0) is 80.8 Å². The zero-order valence-electron chi connectivity index (χ0n) is 24.2. The molecule has 1 N–H and O–H groups in total. The maximum Gasteiger partial charge on any atom is 0.264 e. The fraction of sp³-hybridized carbons (Fsp3) is 0.355. The summed E-state index contributed by atoms with van der Waals surface area (Å²) in [4.78, 5) is 28.9. The summed E-state index contributed by atoms with van der Waals surface area (Å²) in [5.74, 6) is -0.362. The van der Waals surface area contributed by atoms with E-state index in [4.69, 9.17) is 27.9 Å². The summed E-state index contributed by atoms with van der Waals surface area (Å²) in [5, 5.41) is 3.71. The third-order valence-electron chi connectivity index (χ3n) is 6.79. The number of benzene rings is 3. The topological polar surface area (TPSA) is 96.0 Å². The van der Waals surface area contributed by atoms with Crippen molar-refractivity contribution in [2.24, 2.45) is 0 Å². The van der Waals surface area contributed by atoms with Gasteiger partial charge in [-0.2, -0.15) is 0 Å². The summed E-state index contributed by atoms with van der Waals surface area (Å²) in [6.45, 7) is 7.34. The molecule has 42 heavy (non-hydrogen) atoms. The van der Waals surface area contributed by atoms with Gasteiger partial charge in [-0.15, -0.1) is 0 Å². The molecule has 0 aliphatic carbocycles. The molecule has 0 aromatic heterocycles. The number of para-hydroxylation sites is 1. The minimum absolute atomic E-state index is 0.00328. The van der Waals surface area contributed by atoms with E-state index >= 15 is 0 Å². The summed E-state index contributed by atoms with van der Waals surface area (Å²) in [6, 6.07) is 18.3. The summed E-state index contributed by atoms with van der Waals surface area (Å²) in [7, 11) is -4.19. The lowest BCUT2D eigenvalue weighted by molar-refractivity contribution is -0.140. The smallest absolute Gasteiger partial charge is 0.264 e. The average molecular weight is 635 g/mol. The molecular formula is C31H37Cl2N3O5S. The molecule has 3 aromatic rings. The standard InChI is InChI=1S/C31H37Cl2N3O5S/c1-5-22(4)34-31(38)29(6-2)35(20-23-13-14-24(32)19-28(23)33)30(37)21-36(25-11-9-8-10-12-25)42(39,40)27-17-15-26(16-18-27)41-7-3/h8-19,22,29H,5-7,20-21H2,1-4H3,(H,34,38). The minimum Gasteiger partial charge on any atom is -0.494 e. The molecule has 0 spiro atoms. The molecule has 0 aliphatic heterocycles. The normalized spacial score (nSPS) is 12.7. The van der Waals surface area contributed by atoms with Crippen LogP contribution < -0.4 is 14.4 Å². The molecule has 0 radical (unpaired) electrons. The molecule has 11 heteroatoms. The Morgan fingerprint density at radius 2 is 1.60 bits per heavy atom. The number of anilines is 1. The second-order valence-electron chi connectivity index (χ2n) is 9.75.